The van der Waals surface area contributed by atoms with E-state index in [1.165, 1.54) is 4.31 Å². The Labute approximate surface area is 112 Å². The molecule has 1 saturated heterocycles. The number of piperidine rings is 1. The fourth-order valence-electron chi connectivity index (χ4n) is 2.47. The summed E-state index contributed by atoms with van der Waals surface area (Å²) in [4.78, 5) is -0.174. The van der Waals surface area contributed by atoms with Crippen molar-refractivity contribution in [3.05, 3.63) is 29.8 Å². The molecule has 2 rings (SSSR count). The van der Waals surface area contributed by atoms with E-state index in [0.29, 0.717) is 6.54 Å². The molecule has 1 atom stereocenters. The number of benzene rings is 1. The maximum Gasteiger partial charge on any atom is 0.243 e. The Hall–Kier alpha value is -1.01. The maximum absolute atomic E-state index is 13.2. The predicted octanol–water partition coefficient (Wildman–Crippen LogP) is 2.92. The molecular weight excluding hydrogens is 272 g/mol. The minimum Gasteiger partial charge on any atom is -0.207 e. The summed E-state index contributed by atoms with van der Waals surface area (Å²) in [5.74, 6) is -2.17. The SMILES string of the molecule is CC[C@@H]1CCCCN1S(=O)(=O)c1ccc(F)c(F)c1. The molecule has 1 fully saturated rings. The fraction of sp³-hybridized carbons (Fsp3) is 0.538. The van der Waals surface area contributed by atoms with Crippen molar-refractivity contribution in [2.45, 2.75) is 43.5 Å². The number of hydrogen-bond donors (Lipinski definition) is 0. The van der Waals surface area contributed by atoms with Gasteiger partial charge < -0.3 is 0 Å². The van der Waals surface area contributed by atoms with Crippen LogP contribution in [0.5, 0.6) is 0 Å². The molecule has 0 amide bonds. The van der Waals surface area contributed by atoms with Crippen molar-refractivity contribution in [2.24, 2.45) is 0 Å². The van der Waals surface area contributed by atoms with Crippen molar-refractivity contribution in [3.8, 4) is 0 Å². The third-order valence-electron chi connectivity index (χ3n) is 3.54. The Morgan fingerprint density at radius 3 is 2.63 bits per heavy atom. The average molecular weight is 289 g/mol. The highest BCUT2D eigenvalue weighted by Crippen LogP contribution is 2.27. The van der Waals surface area contributed by atoms with E-state index in [9.17, 15) is 17.2 Å². The molecule has 0 radical (unpaired) electrons. The molecule has 1 aromatic rings. The van der Waals surface area contributed by atoms with Gasteiger partial charge in [-0.1, -0.05) is 13.3 Å². The number of rotatable bonds is 3. The quantitative estimate of drug-likeness (QED) is 0.858. The van der Waals surface area contributed by atoms with Gasteiger partial charge in [-0.25, -0.2) is 17.2 Å². The van der Waals surface area contributed by atoms with Gasteiger partial charge >= 0.3 is 0 Å². The van der Waals surface area contributed by atoms with E-state index >= 15 is 0 Å². The van der Waals surface area contributed by atoms with Gasteiger partial charge in [0.1, 0.15) is 0 Å². The summed E-state index contributed by atoms with van der Waals surface area (Å²) in [7, 11) is -3.74. The molecule has 0 aromatic heterocycles. The molecule has 0 unspecified atom stereocenters. The van der Waals surface area contributed by atoms with E-state index in [1.54, 1.807) is 0 Å². The van der Waals surface area contributed by atoms with Crippen molar-refractivity contribution in [1.82, 2.24) is 4.31 Å². The van der Waals surface area contributed by atoms with E-state index < -0.39 is 21.7 Å². The van der Waals surface area contributed by atoms with Crippen LogP contribution in [0.15, 0.2) is 23.1 Å². The lowest BCUT2D eigenvalue weighted by atomic mass is 10.0. The highest BCUT2D eigenvalue weighted by Gasteiger charge is 2.32. The first-order valence-corrected chi connectivity index (χ1v) is 7.87. The topological polar surface area (TPSA) is 37.4 Å². The minimum atomic E-state index is -3.74. The first-order chi connectivity index (χ1) is 8.96. The Kier molecular flexibility index (Phi) is 4.20. The van der Waals surface area contributed by atoms with E-state index in [2.05, 4.69) is 0 Å². The van der Waals surface area contributed by atoms with Gasteiger partial charge in [0, 0.05) is 12.6 Å². The van der Waals surface area contributed by atoms with Crippen LogP contribution in [-0.2, 0) is 10.0 Å². The number of sulfonamides is 1. The minimum absolute atomic E-state index is 0.0492. The first kappa shape index (κ1) is 14.4. The van der Waals surface area contributed by atoms with Gasteiger partial charge in [0.15, 0.2) is 11.6 Å². The van der Waals surface area contributed by atoms with Gasteiger partial charge in [-0.15, -0.1) is 0 Å². The van der Waals surface area contributed by atoms with Crippen LogP contribution in [0.1, 0.15) is 32.6 Å². The van der Waals surface area contributed by atoms with E-state index in [4.69, 9.17) is 0 Å². The number of hydrogen-bond acceptors (Lipinski definition) is 2. The highest BCUT2D eigenvalue weighted by atomic mass is 32.2. The molecule has 0 bridgehead atoms. The molecule has 1 aliphatic heterocycles. The van der Waals surface area contributed by atoms with Crippen molar-refractivity contribution < 1.29 is 17.2 Å². The molecule has 19 heavy (non-hydrogen) atoms. The summed E-state index contributed by atoms with van der Waals surface area (Å²) in [6, 6.07) is 2.68. The number of nitrogens with zero attached hydrogens (tertiary/aromatic N) is 1. The van der Waals surface area contributed by atoms with Crippen LogP contribution in [0.3, 0.4) is 0 Å². The lowest BCUT2D eigenvalue weighted by Gasteiger charge is -2.34. The van der Waals surface area contributed by atoms with Crippen LogP contribution in [0.25, 0.3) is 0 Å². The molecule has 0 spiro atoms. The molecular formula is C13H17F2NO2S. The molecule has 6 heteroatoms. The van der Waals surface area contributed by atoms with Crippen LogP contribution in [0, 0.1) is 11.6 Å². The van der Waals surface area contributed by atoms with Crippen molar-refractivity contribution in [1.29, 1.82) is 0 Å². The Morgan fingerprint density at radius 2 is 2.00 bits per heavy atom. The van der Waals surface area contributed by atoms with E-state index in [-0.39, 0.29) is 10.9 Å². The van der Waals surface area contributed by atoms with E-state index in [1.807, 2.05) is 6.92 Å². The molecule has 1 heterocycles. The predicted molar refractivity (Wildman–Crippen MR) is 68.2 cm³/mol. The van der Waals surface area contributed by atoms with Gasteiger partial charge in [0.05, 0.1) is 4.90 Å². The second-order valence-corrected chi connectivity index (χ2v) is 6.64. The smallest absolute Gasteiger partial charge is 0.207 e. The fourth-order valence-corrected chi connectivity index (χ4v) is 4.25. The summed E-state index contributed by atoms with van der Waals surface area (Å²) < 4.78 is 52.4. The zero-order valence-corrected chi connectivity index (χ0v) is 11.6. The zero-order valence-electron chi connectivity index (χ0n) is 10.8. The van der Waals surface area contributed by atoms with Gasteiger partial charge in [-0.3, -0.25) is 0 Å². The molecule has 3 nitrogen and oxygen atoms in total. The van der Waals surface area contributed by atoms with Crippen LogP contribution in [0.4, 0.5) is 8.78 Å². The van der Waals surface area contributed by atoms with Crippen molar-refractivity contribution in [3.63, 3.8) is 0 Å². The third kappa shape index (κ3) is 2.79. The van der Waals surface area contributed by atoms with Crippen LogP contribution < -0.4 is 0 Å². The summed E-state index contributed by atoms with van der Waals surface area (Å²) >= 11 is 0. The largest absolute Gasteiger partial charge is 0.243 e. The Balaban J connectivity index is 2.37. The summed E-state index contributed by atoms with van der Waals surface area (Å²) in [6.45, 7) is 2.38. The monoisotopic (exact) mass is 289 g/mol. The van der Waals surface area contributed by atoms with Gasteiger partial charge in [0.25, 0.3) is 0 Å². The summed E-state index contributed by atoms with van der Waals surface area (Å²) in [6.07, 6.45) is 3.35. The molecule has 0 saturated carbocycles. The van der Waals surface area contributed by atoms with Gasteiger partial charge in [0.2, 0.25) is 10.0 Å². The van der Waals surface area contributed by atoms with E-state index in [0.717, 1.165) is 43.9 Å². The van der Waals surface area contributed by atoms with Gasteiger partial charge in [-0.05, 0) is 37.5 Å². The molecule has 0 aliphatic carbocycles. The average Bonchev–Trinajstić information content (AvgIpc) is 2.41. The second-order valence-electron chi connectivity index (χ2n) is 4.75. The highest BCUT2D eigenvalue weighted by molar-refractivity contribution is 7.89. The molecule has 0 N–H and O–H groups in total. The van der Waals surface area contributed by atoms with Crippen molar-refractivity contribution in [2.75, 3.05) is 6.54 Å². The Morgan fingerprint density at radius 1 is 1.26 bits per heavy atom. The summed E-state index contributed by atoms with van der Waals surface area (Å²) in [5.41, 5.74) is 0. The molecule has 1 aromatic carbocycles. The lowest BCUT2D eigenvalue weighted by Crippen LogP contribution is -2.43. The summed E-state index contributed by atoms with van der Waals surface area (Å²) in [5, 5.41) is 0. The van der Waals surface area contributed by atoms with Gasteiger partial charge in [-0.2, -0.15) is 4.31 Å². The standard InChI is InChI=1S/C13H17F2NO2S/c1-2-10-5-3-4-8-16(10)19(17,18)11-6-7-12(14)13(15)9-11/h6-7,9-10H,2-5,8H2,1H3/t10-/m1/s1. The van der Waals surface area contributed by atoms with Crippen LogP contribution >= 0.6 is 0 Å². The molecule has 1 aliphatic rings. The van der Waals surface area contributed by atoms with Crippen LogP contribution in [0.2, 0.25) is 0 Å². The zero-order chi connectivity index (χ0) is 14.0. The normalized spacial score (nSPS) is 21.5. The lowest BCUT2D eigenvalue weighted by molar-refractivity contribution is 0.246. The molecule has 106 valence electrons. The second kappa shape index (κ2) is 5.54. The van der Waals surface area contributed by atoms with Crippen molar-refractivity contribution >= 4 is 10.0 Å². The van der Waals surface area contributed by atoms with Crippen LogP contribution in [-0.4, -0.2) is 25.3 Å². The Bertz CT molecular complexity index is 560. The first-order valence-electron chi connectivity index (χ1n) is 6.43. The maximum atomic E-state index is 13.2. The third-order valence-corrected chi connectivity index (χ3v) is 5.49. The number of halogens is 2.